The van der Waals surface area contributed by atoms with Crippen molar-refractivity contribution in [2.24, 2.45) is 4.99 Å². The molecule has 0 aromatic carbocycles. The number of aromatic nitrogens is 1. The van der Waals surface area contributed by atoms with Crippen LogP contribution in [-0.2, 0) is 11.3 Å². The molecule has 3 heterocycles. The summed E-state index contributed by atoms with van der Waals surface area (Å²) in [6, 6.07) is 0.379. The Morgan fingerprint density at radius 2 is 2.25 bits per heavy atom. The van der Waals surface area contributed by atoms with Gasteiger partial charge in [0.15, 0.2) is 5.96 Å². The van der Waals surface area contributed by atoms with E-state index in [1.807, 2.05) is 13.8 Å². The van der Waals surface area contributed by atoms with Crippen LogP contribution in [0.4, 0.5) is 0 Å². The molecule has 0 radical (unpaired) electrons. The van der Waals surface area contributed by atoms with E-state index in [2.05, 4.69) is 20.8 Å². The Morgan fingerprint density at radius 3 is 2.80 bits per heavy atom. The van der Waals surface area contributed by atoms with Crippen molar-refractivity contribution in [3.8, 4) is 0 Å². The topological polar surface area (TPSA) is 71.7 Å². The van der Waals surface area contributed by atoms with E-state index in [0.29, 0.717) is 24.8 Å². The molecule has 2 saturated heterocycles. The molecule has 1 aromatic heterocycles. The number of rotatable bonds is 3. The normalized spacial score (nSPS) is 28.9. The highest BCUT2D eigenvalue weighted by Gasteiger charge is 2.41. The predicted octanol–water partition coefficient (Wildman–Crippen LogP) is 1.28. The maximum atomic E-state index is 5.85. The minimum absolute atomic E-state index is 0.345. The van der Waals surface area contributed by atoms with E-state index in [0.717, 1.165) is 35.8 Å². The molecular formula is C14H22N4O2. The highest BCUT2D eigenvalue weighted by molar-refractivity contribution is 5.80. The number of fused-ring (bicyclic) bond motifs is 2. The van der Waals surface area contributed by atoms with Crippen molar-refractivity contribution in [3.63, 3.8) is 0 Å². The monoisotopic (exact) mass is 278 g/mol. The van der Waals surface area contributed by atoms with Gasteiger partial charge in [-0.2, -0.15) is 0 Å². The van der Waals surface area contributed by atoms with E-state index in [4.69, 9.17) is 9.26 Å². The summed E-state index contributed by atoms with van der Waals surface area (Å²) >= 11 is 0. The summed E-state index contributed by atoms with van der Waals surface area (Å²) in [7, 11) is 1.79. The van der Waals surface area contributed by atoms with Gasteiger partial charge in [0.2, 0.25) is 0 Å². The lowest BCUT2D eigenvalue weighted by Crippen LogP contribution is -2.47. The third-order valence-corrected chi connectivity index (χ3v) is 4.27. The second kappa shape index (κ2) is 5.44. The minimum atomic E-state index is 0.345. The first-order valence-corrected chi connectivity index (χ1v) is 7.21. The van der Waals surface area contributed by atoms with Crippen LogP contribution in [0.1, 0.15) is 36.3 Å². The fraction of sp³-hybridized carbons (Fsp3) is 0.714. The summed E-state index contributed by atoms with van der Waals surface area (Å²) < 4.78 is 11.0. The van der Waals surface area contributed by atoms with Gasteiger partial charge in [-0.05, 0) is 33.1 Å². The maximum Gasteiger partial charge on any atom is 0.191 e. The Morgan fingerprint density at radius 1 is 1.40 bits per heavy atom. The Balaban J connectivity index is 1.56. The van der Waals surface area contributed by atoms with Crippen LogP contribution in [0.3, 0.4) is 0 Å². The summed E-state index contributed by atoms with van der Waals surface area (Å²) in [5.74, 6) is 1.67. The SMILES string of the molecule is CN=C(NCc1c(C)noc1C)NC1CC2CCC1O2. The lowest BCUT2D eigenvalue weighted by atomic mass is 9.96. The molecule has 3 rings (SSSR count). The van der Waals surface area contributed by atoms with Crippen molar-refractivity contribution in [2.45, 2.75) is 57.9 Å². The largest absolute Gasteiger partial charge is 0.373 e. The van der Waals surface area contributed by atoms with E-state index >= 15 is 0 Å². The standard InChI is InChI=1S/C14H22N4O2/c1-8-11(9(2)20-18-8)7-16-14(15-3)17-12-6-10-4-5-13(12)19-10/h10,12-13H,4-7H2,1-3H3,(H2,15,16,17). The Hall–Kier alpha value is -1.56. The molecule has 2 N–H and O–H groups in total. The smallest absolute Gasteiger partial charge is 0.191 e. The number of ether oxygens (including phenoxy) is 1. The number of guanidine groups is 1. The van der Waals surface area contributed by atoms with Crippen LogP contribution in [0.25, 0.3) is 0 Å². The van der Waals surface area contributed by atoms with Gasteiger partial charge in [-0.3, -0.25) is 4.99 Å². The van der Waals surface area contributed by atoms with Crippen molar-refractivity contribution in [1.82, 2.24) is 15.8 Å². The number of hydrogen-bond acceptors (Lipinski definition) is 4. The van der Waals surface area contributed by atoms with Crippen LogP contribution in [0.2, 0.25) is 0 Å². The molecule has 110 valence electrons. The molecule has 0 amide bonds. The molecule has 2 aliphatic heterocycles. The van der Waals surface area contributed by atoms with Crippen LogP contribution >= 0.6 is 0 Å². The van der Waals surface area contributed by atoms with E-state index < -0.39 is 0 Å². The third kappa shape index (κ3) is 2.52. The molecule has 2 aliphatic rings. The van der Waals surface area contributed by atoms with Gasteiger partial charge in [0.25, 0.3) is 0 Å². The molecule has 20 heavy (non-hydrogen) atoms. The lowest BCUT2D eigenvalue weighted by molar-refractivity contribution is 0.0992. The van der Waals surface area contributed by atoms with Crippen molar-refractivity contribution in [1.29, 1.82) is 0 Å². The van der Waals surface area contributed by atoms with Crippen LogP contribution in [-0.4, -0.2) is 36.4 Å². The second-order valence-electron chi connectivity index (χ2n) is 5.59. The molecule has 0 saturated carbocycles. The predicted molar refractivity (Wildman–Crippen MR) is 75.6 cm³/mol. The maximum absolute atomic E-state index is 5.85. The van der Waals surface area contributed by atoms with Crippen LogP contribution in [0, 0.1) is 13.8 Å². The van der Waals surface area contributed by atoms with Gasteiger partial charge >= 0.3 is 0 Å². The minimum Gasteiger partial charge on any atom is -0.373 e. The van der Waals surface area contributed by atoms with Crippen LogP contribution < -0.4 is 10.6 Å². The lowest BCUT2D eigenvalue weighted by Gasteiger charge is -2.22. The summed E-state index contributed by atoms with van der Waals surface area (Å²) in [6.07, 6.45) is 4.23. The van der Waals surface area contributed by atoms with E-state index in [1.165, 1.54) is 6.42 Å². The average molecular weight is 278 g/mol. The highest BCUT2D eigenvalue weighted by atomic mass is 16.5. The van der Waals surface area contributed by atoms with Gasteiger partial charge in [-0.15, -0.1) is 0 Å². The fourth-order valence-electron chi connectivity index (χ4n) is 3.09. The Bertz CT molecular complexity index is 492. The Kier molecular flexibility index (Phi) is 3.65. The number of nitrogens with zero attached hydrogens (tertiary/aromatic N) is 2. The summed E-state index contributed by atoms with van der Waals surface area (Å²) in [5.41, 5.74) is 2.02. The molecule has 2 bridgehead atoms. The van der Waals surface area contributed by atoms with Crippen molar-refractivity contribution >= 4 is 5.96 Å². The molecule has 6 nitrogen and oxygen atoms in total. The number of aliphatic imine (C=N–C) groups is 1. The zero-order valence-corrected chi connectivity index (χ0v) is 12.3. The molecule has 2 fully saturated rings. The van der Waals surface area contributed by atoms with E-state index in [9.17, 15) is 0 Å². The highest BCUT2D eigenvalue weighted by Crippen LogP contribution is 2.34. The summed E-state index contributed by atoms with van der Waals surface area (Å²) in [5, 5.41) is 10.7. The zero-order chi connectivity index (χ0) is 14.1. The first-order valence-electron chi connectivity index (χ1n) is 7.21. The molecule has 3 unspecified atom stereocenters. The van der Waals surface area contributed by atoms with Gasteiger partial charge < -0.3 is 19.9 Å². The number of nitrogens with one attached hydrogen (secondary N) is 2. The quantitative estimate of drug-likeness (QED) is 0.643. The Labute approximate surface area is 119 Å². The van der Waals surface area contributed by atoms with Gasteiger partial charge in [0.05, 0.1) is 23.9 Å². The van der Waals surface area contributed by atoms with Crippen molar-refractivity contribution in [3.05, 3.63) is 17.0 Å². The molecule has 6 heteroatoms. The molecule has 1 aromatic rings. The molecular weight excluding hydrogens is 256 g/mol. The zero-order valence-electron chi connectivity index (χ0n) is 12.3. The van der Waals surface area contributed by atoms with Gasteiger partial charge in [-0.1, -0.05) is 5.16 Å². The first-order chi connectivity index (χ1) is 9.67. The van der Waals surface area contributed by atoms with Crippen LogP contribution in [0.5, 0.6) is 0 Å². The van der Waals surface area contributed by atoms with Gasteiger partial charge in [0, 0.05) is 19.2 Å². The summed E-state index contributed by atoms with van der Waals surface area (Å²) in [6.45, 7) is 4.55. The van der Waals surface area contributed by atoms with Crippen molar-refractivity contribution in [2.75, 3.05) is 7.05 Å². The number of hydrogen-bond donors (Lipinski definition) is 2. The van der Waals surface area contributed by atoms with Gasteiger partial charge in [0.1, 0.15) is 5.76 Å². The van der Waals surface area contributed by atoms with Gasteiger partial charge in [-0.25, -0.2) is 0 Å². The second-order valence-corrected chi connectivity index (χ2v) is 5.59. The van der Waals surface area contributed by atoms with Crippen molar-refractivity contribution < 1.29 is 9.26 Å². The molecule has 3 atom stereocenters. The molecule has 0 aliphatic carbocycles. The van der Waals surface area contributed by atoms with Crippen LogP contribution in [0.15, 0.2) is 9.52 Å². The van der Waals surface area contributed by atoms with E-state index in [-0.39, 0.29) is 0 Å². The summed E-state index contributed by atoms with van der Waals surface area (Å²) in [4.78, 5) is 4.28. The fourth-order valence-corrected chi connectivity index (χ4v) is 3.09. The third-order valence-electron chi connectivity index (χ3n) is 4.27. The molecule has 0 spiro atoms. The van der Waals surface area contributed by atoms with E-state index in [1.54, 1.807) is 7.05 Å². The number of aryl methyl sites for hydroxylation is 2. The average Bonchev–Trinajstić information content (AvgIpc) is 3.13. The first kappa shape index (κ1) is 13.4.